The van der Waals surface area contributed by atoms with Gasteiger partial charge in [-0.25, -0.2) is 9.48 Å². The maximum absolute atomic E-state index is 13.1. The number of nitrogens with zero attached hydrogens (tertiary/aromatic N) is 3. The lowest BCUT2D eigenvalue weighted by atomic mass is 9.95. The molecule has 0 radical (unpaired) electrons. The summed E-state index contributed by atoms with van der Waals surface area (Å²) in [6, 6.07) is 13.1. The van der Waals surface area contributed by atoms with E-state index in [0.717, 1.165) is 34.2 Å². The summed E-state index contributed by atoms with van der Waals surface area (Å²) in [6.45, 7) is 6.48. The highest BCUT2D eigenvalue weighted by molar-refractivity contribution is 9.10. The number of hydrogen-bond donors (Lipinski definition) is 1. The number of aromatic nitrogens is 3. The van der Waals surface area contributed by atoms with Crippen LogP contribution in [-0.2, 0) is 16.1 Å². The number of ether oxygens (including phenoxy) is 3. The predicted molar refractivity (Wildman–Crippen MR) is 148 cm³/mol. The molecule has 0 aliphatic carbocycles. The molecule has 10 heteroatoms. The molecule has 2 heterocycles. The molecule has 0 saturated heterocycles. The number of methoxy groups -OCH3 is 1. The minimum absolute atomic E-state index is 0.275. The fourth-order valence-corrected chi connectivity index (χ4v) is 5.17. The maximum atomic E-state index is 13.1. The number of carbonyl (C=O) groups is 1. The van der Waals surface area contributed by atoms with E-state index >= 15 is 0 Å². The molecule has 1 atom stereocenters. The van der Waals surface area contributed by atoms with E-state index in [1.54, 1.807) is 30.5 Å². The average Bonchev–Trinajstić information content (AvgIpc) is 3.30. The van der Waals surface area contributed by atoms with Gasteiger partial charge in [-0.1, -0.05) is 59.2 Å². The number of rotatable bonds is 11. The lowest BCUT2D eigenvalue weighted by molar-refractivity contribution is -0.139. The van der Waals surface area contributed by atoms with Gasteiger partial charge in [0.1, 0.15) is 12.6 Å². The van der Waals surface area contributed by atoms with Crippen LogP contribution < -0.4 is 14.8 Å². The van der Waals surface area contributed by atoms with E-state index in [4.69, 9.17) is 19.3 Å². The van der Waals surface area contributed by atoms with Crippen LogP contribution in [0.3, 0.4) is 0 Å². The third-order valence-corrected chi connectivity index (χ3v) is 7.32. The third-order valence-electron chi connectivity index (χ3n) is 5.87. The molecular formula is C27H31BrN4O4S. The van der Waals surface area contributed by atoms with Crippen LogP contribution in [-0.4, -0.2) is 40.2 Å². The van der Waals surface area contributed by atoms with E-state index in [9.17, 15) is 4.79 Å². The SMILES string of the molecule is CCCCSc1nc2n(n1)C(c1ccc(OCc3ccc(Br)cc3)c(OC)c1)C(C(=O)OCC)=C(C)N2. The van der Waals surface area contributed by atoms with Gasteiger partial charge in [-0.15, -0.1) is 5.10 Å². The first-order valence-corrected chi connectivity index (χ1v) is 14.0. The van der Waals surface area contributed by atoms with Crippen LogP contribution in [0.2, 0.25) is 0 Å². The number of thioether (sulfide) groups is 1. The van der Waals surface area contributed by atoms with Crippen molar-refractivity contribution in [2.75, 3.05) is 24.8 Å². The number of anilines is 1. The van der Waals surface area contributed by atoms with Crippen molar-refractivity contribution in [3.8, 4) is 11.5 Å². The number of allylic oxidation sites excluding steroid dienone is 1. The molecule has 8 nitrogen and oxygen atoms in total. The molecule has 2 aromatic carbocycles. The molecule has 0 bridgehead atoms. The molecule has 0 fully saturated rings. The topological polar surface area (TPSA) is 87.5 Å². The highest BCUT2D eigenvalue weighted by atomic mass is 79.9. The first-order valence-electron chi connectivity index (χ1n) is 12.2. The normalized spacial score (nSPS) is 14.7. The molecular weight excluding hydrogens is 556 g/mol. The Bertz CT molecular complexity index is 1280. The molecule has 1 aliphatic heterocycles. The van der Waals surface area contributed by atoms with E-state index in [-0.39, 0.29) is 6.61 Å². The maximum Gasteiger partial charge on any atom is 0.338 e. The van der Waals surface area contributed by atoms with Crippen LogP contribution in [0.4, 0.5) is 5.95 Å². The molecule has 196 valence electrons. The van der Waals surface area contributed by atoms with E-state index < -0.39 is 12.0 Å². The highest BCUT2D eigenvalue weighted by Gasteiger charge is 2.35. The lowest BCUT2D eigenvalue weighted by Crippen LogP contribution is -2.29. The zero-order valence-corrected chi connectivity index (χ0v) is 23.8. The van der Waals surface area contributed by atoms with Crippen molar-refractivity contribution in [3.05, 3.63) is 69.3 Å². The smallest absolute Gasteiger partial charge is 0.338 e. The number of carbonyl (C=O) groups excluding carboxylic acids is 1. The van der Waals surface area contributed by atoms with Crippen molar-refractivity contribution in [1.29, 1.82) is 0 Å². The molecule has 3 aromatic rings. The van der Waals surface area contributed by atoms with Gasteiger partial charge in [0.25, 0.3) is 0 Å². The van der Waals surface area contributed by atoms with Gasteiger partial charge in [0.05, 0.1) is 19.3 Å². The summed E-state index contributed by atoms with van der Waals surface area (Å²) in [5, 5.41) is 8.66. The summed E-state index contributed by atoms with van der Waals surface area (Å²) in [4.78, 5) is 17.8. The second-order valence-electron chi connectivity index (χ2n) is 8.48. The van der Waals surface area contributed by atoms with Gasteiger partial charge in [-0.05, 0) is 55.7 Å². The van der Waals surface area contributed by atoms with Gasteiger partial charge in [0.2, 0.25) is 11.1 Å². The number of nitrogens with one attached hydrogen (secondary N) is 1. The Kier molecular flexibility index (Phi) is 9.15. The molecule has 1 aromatic heterocycles. The van der Waals surface area contributed by atoms with Crippen molar-refractivity contribution in [2.45, 2.75) is 51.4 Å². The van der Waals surface area contributed by atoms with Gasteiger partial charge >= 0.3 is 5.97 Å². The minimum Gasteiger partial charge on any atom is -0.493 e. The van der Waals surface area contributed by atoms with Gasteiger partial charge in [0, 0.05) is 15.9 Å². The fraction of sp³-hybridized carbons (Fsp3) is 0.370. The summed E-state index contributed by atoms with van der Waals surface area (Å²) in [7, 11) is 1.60. The molecule has 37 heavy (non-hydrogen) atoms. The van der Waals surface area contributed by atoms with Gasteiger partial charge in [0.15, 0.2) is 11.5 Å². The van der Waals surface area contributed by atoms with E-state index in [0.29, 0.717) is 40.5 Å². The minimum atomic E-state index is -0.530. The number of unbranched alkanes of at least 4 members (excludes halogenated alkanes) is 1. The van der Waals surface area contributed by atoms with Crippen LogP contribution in [0.15, 0.2) is 63.4 Å². The summed E-state index contributed by atoms with van der Waals surface area (Å²) < 4.78 is 19.9. The summed E-state index contributed by atoms with van der Waals surface area (Å²) in [5.74, 6) is 2.29. The molecule has 4 rings (SSSR count). The highest BCUT2D eigenvalue weighted by Crippen LogP contribution is 2.40. The standard InChI is InChI=1S/C27H31BrN4O4S/c1-5-7-14-37-27-30-26-29-17(3)23(25(33)35-6-2)24(32(26)31-27)19-10-13-21(22(15-19)34-4)36-16-18-8-11-20(28)12-9-18/h8-13,15,24H,5-7,14,16H2,1-4H3,(H,29,30,31). The fourth-order valence-electron chi connectivity index (χ4n) is 4.00. The van der Waals surface area contributed by atoms with Crippen LogP contribution >= 0.6 is 27.7 Å². The first-order chi connectivity index (χ1) is 17.9. The zero-order chi connectivity index (χ0) is 26.4. The second-order valence-corrected chi connectivity index (χ2v) is 10.5. The van der Waals surface area contributed by atoms with E-state index in [1.807, 2.05) is 49.4 Å². The summed E-state index contributed by atoms with van der Waals surface area (Å²) >= 11 is 5.06. The monoisotopic (exact) mass is 586 g/mol. The predicted octanol–water partition coefficient (Wildman–Crippen LogP) is 6.37. The van der Waals surface area contributed by atoms with Crippen molar-refractivity contribution in [2.24, 2.45) is 0 Å². The van der Waals surface area contributed by atoms with Crippen molar-refractivity contribution < 1.29 is 19.0 Å². The summed E-state index contributed by atoms with van der Waals surface area (Å²) in [6.07, 6.45) is 2.18. The van der Waals surface area contributed by atoms with Gasteiger partial charge in [-0.2, -0.15) is 4.98 Å². The van der Waals surface area contributed by atoms with Gasteiger partial charge in [-0.3, -0.25) is 0 Å². The average molecular weight is 588 g/mol. The van der Waals surface area contributed by atoms with E-state index in [2.05, 4.69) is 33.2 Å². The van der Waals surface area contributed by atoms with Crippen molar-refractivity contribution in [1.82, 2.24) is 14.8 Å². The zero-order valence-electron chi connectivity index (χ0n) is 21.4. The molecule has 0 amide bonds. The number of benzene rings is 2. The number of fused-ring (bicyclic) bond motifs is 1. The van der Waals surface area contributed by atoms with Crippen LogP contribution in [0, 0.1) is 0 Å². The molecule has 1 N–H and O–H groups in total. The Balaban J connectivity index is 1.68. The first kappa shape index (κ1) is 27.1. The largest absolute Gasteiger partial charge is 0.493 e. The molecule has 0 saturated carbocycles. The Labute approximate surface area is 229 Å². The number of hydrogen-bond acceptors (Lipinski definition) is 8. The van der Waals surface area contributed by atoms with Crippen LogP contribution in [0.25, 0.3) is 0 Å². The quantitative estimate of drug-likeness (QED) is 0.157. The third kappa shape index (κ3) is 6.30. The Hall–Kier alpha value is -2.98. The van der Waals surface area contributed by atoms with Crippen molar-refractivity contribution in [3.63, 3.8) is 0 Å². The van der Waals surface area contributed by atoms with Crippen LogP contribution in [0.1, 0.15) is 50.8 Å². The summed E-state index contributed by atoms with van der Waals surface area (Å²) in [5.41, 5.74) is 3.02. The second kappa shape index (κ2) is 12.5. The van der Waals surface area contributed by atoms with Gasteiger partial charge < -0.3 is 19.5 Å². The van der Waals surface area contributed by atoms with Crippen LogP contribution in [0.5, 0.6) is 11.5 Å². The Morgan fingerprint density at radius 1 is 1.16 bits per heavy atom. The molecule has 0 spiro atoms. The number of esters is 1. The van der Waals surface area contributed by atoms with E-state index in [1.165, 1.54) is 0 Å². The van der Waals surface area contributed by atoms with Crippen molar-refractivity contribution >= 4 is 39.6 Å². The Morgan fingerprint density at radius 2 is 1.95 bits per heavy atom. The lowest BCUT2D eigenvalue weighted by Gasteiger charge is -2.28. The number of halogens is 1. The molecule has 1 unspecified atom stereocenters. The Morgan fingerprint density at radius 3 is 2.65 bits per heavy atom. The molecule has 1 aliphatic rings.